The Bertz CT molecular complexity index is 258. The number of aromatic nitrogens is 1. The molecule has 0 spiro atoms. The number of ether oxygens (including phenoxy) is 1. The molecule has 1 rings (SSSR count). The van der Waals surface area contributed by atoms with Crippen molar-refractivity contribution in [2.45, 2.75) is 6.23 Å². The molecule has 0 aliphatic heterocycles. The average molecular weight is 238 g/mol. The molecular formula is C6H5BrFNO3. The van der Waals surface area contributed by atoms with Crippen LogP contribution in [0.2, 0.25) is 0 Å². The molecule has 1 aromatic rings. The van der Waals surface area contributed by atoms with Crippen LogP contribution in [0.25, 0.3) is 0 Å². The molecule has 1 aromatic heterocycles. The number of rotatable bonds is 2. The number of nitrogens with zero attached hydrogens (tertiary/aromatic N) is 1. The van der Waals surface area contributed by atoms with Crippen molar-refractivity contribution in [3.05, 3.63) is 22.9 Å². The predicted molar refractivity (Wildman–Crippen MR) is 40.8 cm³/mol. The van der Waals surface area contributed by atoms with Crippen molar-refractivity contribution >= 4 is 15.9 Å². The summed E-state index contributed by atoms with van der Waals surface area (Å²) in [4.78, 5) is 3.67. The lowest BCUT2D eigenvalue weighted by atomic mass is 10.5. The zero-order chi connectivity index (χ0) is 9.19. The zero-order valence-corrected chi connectivity index (χ0v) is 7.32. The van der Waals surface area contributed by atoms with E-state index in [0.29, 0.717) is 4.60 Å². The molecule has 0 atom stereocenters. The number of hydrogen-bond acceptors (Lipinski definition) is 4. The first kappa shape index (κ1) is 9.37. The Morgan fingerprint density at radius 2 is 2.17 bits per heavy atom. The number of pyridine rings is 1. The molecule has 1 heterocycles. The van der Waals surface area contributed by atoms with Gasteiger partial charge in [0.05, 0.1) is 6.20 Å². The van der Waals surface area contributed by atoms with Gasteiger partial charge in [-0.3, -0.25) is 0 Å². The number of alkyl halides is 1. The quantitative estimate of drug-likeness (QED) is 0.590. The predicted octanol–water partition coefficient (Wildman–Crippen LogP) is 0.788. The van der Waals surface area contributed by atoms with E-state index < -0.39 is 6.23 Å². The Morgan fingerprint density at radius 1 is 1.50 bits per heavy atom. The molecule has 0 unspecified atom stereocenters. The standard InChI is InChI=1S/C6H5BrFNO3/c7-5-2-1-4(3-9-5)12-6(8,10)11/h1-3,10-11H. The van der Waals surface area contributed by atoms with Gasteiger partial charge in [-0.25, -0.2) is 4.98 Å². The van der Waals surface area contributed by atoms with Crippen LogP contribution in [-0.2, 0) is 0 Å². The largest absolute Gasteiger partial charge is 0.492 e. The second kappa shape index (κ2) is 3.34. The van der Waals surface area contributed by atoms with Gasteiger partial charge >= 0.3 is 6.23 Å². The summed E-state index contributed by atoms with van der Waals surface area (Å²) in [5.74, 6) is -0.0781. The van der Waals surface area contributed by atoms with E-state index in [1.807, 2.05) is 0 Å². The van der Waals surface area contributed by atoms with Crippen molar-refractivity contribution in [2.75, 3.05) is 0 Å². The zero-order valence-electron chi connectivity index (χ0n) is 5.74. The molecular weight excluding hydrogens is 233 g/mol. The molecule has 0 bridgehead atoms. The third kappa shape index (κ3) is 3.12. The Labute approximate surface area is 75.8 Å². The van der Waals surface area contributed by atoms with E-state index in [9.17, 15) is 4.39 Å². The minimum absolute atomic E-state index is 0.0781. The first-order valence-electron chi connectivity index (χ1n) is 2.91. The highest BCUT2D eigenvalue weighted by Gasteiger charge is 2.24. The molecule has 66 valence electrons. The summed E-state index contributed by atoms with van der Waals surface area (Å²) < 4.78 is 16.6. The van der Waals surface area contributed by atoms with Gasteiger partial charge in [0.1, 0.15) is 10.4 Å². The van der Waals surface area contributed by atoms with Crippen LogP contribution < -0.4 is 4.74 Å². The first-order valence-corrected chi connectivity index (χ1v) is 3.71. The van der Waals surface area contributed by atoms with Crippen molar-refractivity contribution in [1.82, 2.24) is 4.98 Å². The molecule has 0 saturated heterocycles. The van der Waals surface area contributed by atoms with Crippen LogP contribution in [-0.4, -0.2) is 21.4 Å². The van der Waals surface area contributed by atoms with Crippen LogP contribution in [0, 0.1) is 0 Å². The lowest BCUT2D eigenvalue weighted by Gasteiger charge is -2.11. The highest BCUT2D eigenvalue weighted by Crippen LogP contribution is 2.16. The third-order valence-corrected chi connectivity index (χ3v) is 1.42. The first-order chi connectivity index (χ1) is 5.47. The smallest absolute Gasteiger partial charge is 0.412 e. The number of aliphatic hydroxyl groups is 2. The summed E-state index contributed by atoms with van der Waals surface area (Å²) in [6, 6.07) is 2.80. The fourth-order valence-corrected chi connectivity index (χ4v) is 0.807. The van der Waals surface area contributed by atoms with Crippen LogP contribution in [0.4, 0.5) is 4.39 Å². The number of hydrogen-bond donors (Lipinski definition) is 2. The number of halogens is 2. The van der Waals surface area contributed by atoms with Crippen molar-refractivity contribution in [3.63, 3.8) is 0 Å². The van der Waals surface area contributed by atoms with Crippen LogP contribution in [0.1, 0.15) is 0 Å². The van der Waals surface area contributed by atoms with E-state index >= 15 is 0 Å². The van der Waals surface area contributed by atoms with Crippen molar-refractivity contribution in [1.29, 1.82) is 0 Å². The van der Waals surface area contributed by atoms with E-state index in [1.54, 1.807) is 0 Å². The fraction of sp³-hybridized carbons (Fsp3) is 0.167. The van der Waals surface area contributed by atoms with E-state index in [4.69, 9.17) is 10.2 Å². The Morgan fingerprint density at radius 3 is 2.58 bits per heavy atom. The van der Waals surface area contributed by atoms with E-state index in [1.165, 1.54) is 12.1 Å². The van der Waals surface area contributed by atoms with Crippen LogP contribution >= 0.6 is 15.9 Å². The van der Waals surface area contributed by atoms with Gasteiger partial charge in [0, 0.05) is 0 Å². The van der Waals surface area contributed by atoms with Gasteiger partial charge in [0.25, 0.3) is 0 Å². The topological polar surface area (TPSA) is 62.6 Å². The van der Waals surface area contributed by atoms with Gasteiger partial charge in [-0.1, -0.05) is 0 Å². The maximum absolute atomic E-state index is 12.0. The van der Waals surface area contributed by atoms with E-state index in [2.05, 4.69) is 25.7 Å². The minimum atomic E-state index is -3.66. The SMILES string of the molecule is OC(O)(F)Oc1ccc(Br)nc1. The summed E-state index contributed by atoms with van der Waals surface area (Å²) >= 11 is 3.04. The van der Waals surface area contributed by atoms with E-state index in [0.717, 1.165) is 6.20 Å². The molecule has 0 fully saturated rings. The monoisotopic (exact) mass is 237 g/mol. The highest BCUT2D eigenvalue weighted by molar-refractivity contribution is 9.10. The van der Waals surface area contributed by atoms with Crippen LogP contribution in [0.3, 0.4) is 0 Å². The van der Waals surface area contributed by atoms with Crippen molar-refractivity contribution in [2.24, 2.45) is 0 Å². The van der Waals surface area contributed by atoms with E-state index in [-0.39, 0.29) is 5.75 Å². The molecule has 0 aliphatic carbocycles. The summed E-state index contributed by atoms with van der Waals surface area (Å²) in [7, 11) is 0. The highest BCUT2D eigenvalue weighted by atomic mass is 79.9. The van der Waals surface area contributed by atoms with Gasteiger partial charge in [0.2, 0.25) is 0 Å². The molecule has 0 amide bonds. The summed E-state index contributed by atoms with van der Waals surface area (Å²) in [6.45, 7) is 0. The van der Waals surface area contributed by atoms with Crippen LogP contribution in [0.15, 0.2) is 22.9 Å². The summed E-state index contributed by atoms with van der Waals surface area (Å²) in [5, 5.41) is 16.3. The van der Waals surface area contributed by atoms with Gasteiger partial charge < -0.3 is 14.9 Å². The molecule has 0 aliphatic rings. The molecule has 0 saturated carbocycles. The molecule has 12 heavy (non-hydrogen) atoms. The summed E-state index contributed by atoms with van der Waals surface area (Å²) in [6.07, 6.45) is -2.51. The fourth-order valence-electron chi connectivity index (χ4n) is 0.573. The lowest BCUT2D eigenvalue weighted by molar-refractivity contribution is -0.375. The lowest BCUT2D eigenvalue weighted by Crippen LogP contribution is -2.29. The maximum atomic E-state index is 12.0. The second-order valence-electron chi connectivity index (χ2n) is 1.95. The Hall–Kier alpha value is -0.720. The molecule has 4 nitrogen and oxygen atoms in total. The van der Waals surface area contributed by atoms with Crippen molar-refractivity contribution in [3.8, 4) is 5.75 Å². The maximum Gasteiger partial charge on any atom is 0.492 e. The van der Waals surface area contributed by atoms with Crippen LogP contribution in [0.5, 0.6) is 5.75 Å². The third-order valence-electron chi connectivity index (χ3n) is 0.948. The molecule has 2 N–H and O–H groups in total. The Balaban J connectivity index is 2.71. The second-order valence-corrected chi connectivity index (χ2v) is 2.76. The van der Waals surface area contributed by atoms with Gasteiger partial charge in [-0.2, -0.15) is 0 Å². The molecule has 0 aromatic carbocycles. The minimum Gasteiger partial charge on any atom is -0.412 e. The van der Waals surface area contributed by atoms with Crippen molar-refractivity contribution < 1.29 is 19.3 Å². The van der Waals surface area contributed by atoms with Gasteiger partial charge in [-0.05, 0) is 28.1 Å². The van der Waals surface area contributed by atoms with Gasteiger partial charge in [0.15, 0.2) is 0 Å². The Kier molecular flexibility index (Phi) is 2.61. The molecule has 0 radical (unpaired) electrons. The average Bonchev–Trinajstić information content (AvgIpc) is 1.91. The normalized spacial score (nSPS) is 11.3. The molecule has 6 heteroatoms. The summed E-state index contributed by atoms with van der Waals surface area (Å²) in [5.41, 5.74) is 0. The van der Waals surface area contributed by atoms with Gasteiger partial charge in [-0.15, -0.1) is 4.39 Å².